The number of ketones is 1. The van der Waals surface area contributed by atoms with Gasteiger partial charge in [-0.05, 0) is 42.7 Å². The maximum atomic E-state index is 11.8. The molecule has 0 spiro atoms. The molecular formula is C19H32O8. The van der Waals surface area contributed by atoms with Gasteiger partial charge in [-0.15, -0.1) is 0 Å². The van der Waals surface area contributed by atoms with Crippen molar-refractivity contribution in [1.82, 2.24) is 0 Å². The summed E-state index contributed by atoms with van der Waals surface area (Å²) in [6.07, 6.45) is -3.64. The van der Waals surface area contributed by atoms with E-state index in [0.29, 0.717) is 19.3 Å². The first kappa shape index (κ1) is 22.4. The summed E-state index contributed by atoms with van der Waals surface area (Å²) >= 11 is 0. The van der Waals surface area contributed by atoms with E-state index in [2.05, 4.69) is 0 Å². The van der Waals surface area contributed by atoms with Crippen LogP contribution >= 0.6 is 0 Å². The molecule has 1 fully saturated rings. The van der Waals surface area contributed by atoms with E-state index < -0.39 is 37.3 Å². The molecule has 27 heavy (non-hydrogen) atoms. The van der Waals surface area contributed by atoms with E-state index in [-0.39, 0.29) is 29.8 Å². The van der Waals surface area contributed by atoms with Crippen LogP contribution in [0.5, 0.6) is 0 Å². The highest BCUT2D eigenvalue weighted by Crippen LogP contribution is 2.42. The highest BCUT2D eigenvalue weighted by molar-refractivity contribution is 5.92. The van der Waals surface area contributed by atoms with Gasteiger partial charge in [0.15, 0.2) is 12.1 Å². The fraction of sp³-hybridized carbons (Fsp3) is 0.842. The van der Waals surface area contributed by atoms with Gasteiger partial charge in [0.2, 0.25) is 0 Å². The molecule has 0 amide bonds. The number of ether oxygens (including phenoxy) is 2. The van der Waals surface area contributed by atoms with E-state index in [1.165, 1.54) is 6.08 Å². The zero-order valence-electron chi connectivity index (χ0n) is 16.1. The normalized spacial score (nSPS) is 37.8. The molecule has 2 aliphatic rings. The SMILES string of the molecule is CC(CCC1C(CO)=CC(=O)CC1(C)C)OC1OC(CO)C(O)C(O)C1O. The minimum atomic E-state index is -1.47. The fourth-order valence-corrected chi connectivity index (χ4v) is 4.04. The van der Waals surface area contributed by atoms with Crippen LogP contribution < -0.4 is 0 Å². The van der Waals surface area contributed by atoms with Crippen LogP contribution in [-0.2, 0) is 14.3 Å². The van der Waals surface area contributed by atoms with Crippen molar-refractivity contribution < 1.29 is 39.8 Å². The van der Waals surface area contributed by atoms with Gasteiger partial charge in [-0.1, -0.05) is 13.8 Å². The monoisotopic (exact) mass is 388 g/mol. The van der Waals surface area contributed by atoms with Crippen LogP contribution in [0.25, 0.3) is 0 Å². The van der Waals surface area contributed by atoms with Gasteiger partial charge in [0.05, 0.1) is 19.3 Å². The smallest absolute Gasteiger partial charge is 0.186 e. The van der Waals surface area contributed by atoms with Crippen LogP contribution in [0.4, 0.5) is 0 Å². The Kier molecular flexibility index (Phi) is 7.54. The Bertz CT molecular complexity index is 544. The first-order valence-electron chi connectivity index (χ1n) is 9.40. The van der Waals surface area contributed by atoms with Crippen molar-refractivity contribution in [3.63, 3.8) is 0 Å². The molecule has 0 aromatic rings. The van der Waals surface area contributed by atoms with E-state index in [0.717, 1.165) is 5.57 Å². The molecule has 156 valence electrons. The lowest BCUT2D eigenvalue weighted by Crippen LogP contribution is -2.59. The lowest BCUT2D eigenvalue weighted by Gasteiger charge is -2.41. The van der Waals surface area contributed by atoms with Crippen molar-refractivity contribution in [1.29, 1.82) is 0 Å². The first-order chi connectivity index (χ1) is 12.6. The Morgan fingerprint density at radius 2 is 1.89 bits per heavy atom. The number of rotatable bonds is 7. The minimum absolute atomic E-state index is 0.0194. The van der Waals surface area contributed by atoms with Gasteiger partial charge in [0, 0.05) is 6.42 Å². The van der Waals surface area contributed by atoms with Crippen molar-refractivity contribution in [3.05, 3.63) is 11.6 Å². The molecule has 5 N–H and O–H groups in total. The molecule has 7 atom stereocenters. The predicted octanol–water partition coefficient (Wildman–Crippen LogP) is -0.494. The highest BCUT2D eigenvalue weighted by Gasteiger charge is 2.44. The fourth-order valence-electron chi connectivity index (χ4n) is 4.04. The first-order valence-corrected chi connectivity index (χ1v) is 9.40. The number of carbonyl (C=O) groups excluding carboxylic acids is 1. The number of aliphatic hydroxyl groups is 5. The molecule has 0 radical (unpaired) electrons. The molecule has 2 rings (SSSR count). The second kappa shape index (κ2) is 9.09. The molecule has 7 unspecified atom stereocenters. The van der Waals surface area contributed by atoms with Gasteiger partial charge in [0.1, 0.15) is 24.4 Å². The Morgan fingerprint density at radius 1 is 1.22 bits per heavy atom. The average Bonchev–Trinajstić information content (AvgIpc) is 2.59. The van der Waals surface area contributed by atoms with Gasteiger partial charge in [-0.25, -0.2) is 0 Å². The molecule has 8 heteroatoms. The second-order valence-electron chi connectivity index (χ2n) is 8.28. The third-order valence-corrected chi connectivity index (χ3v) is 5.63. The number of hydrogen-bond acceptors (Lipinski definition) is 8. The van der Waals surface area contributed by atoms with Crippen LogP contribution in [0.3, 0.4) is 0 Å². The van der Waals surface area contributed by atoms with E-state index in [4.69, 9.17) is 9.47 Å². The standard InChI is InChI=1S/C19H32O8/c1-10(26-18-17(25)16(24)15(23)14(9-21)27-18)4-5-13-11(8-20)6-12(22)7-19(13,2)3/h6,10,13-18,20-21,23-25H,4-5,7-9H2,1-3H3. The van der Waals surface area contributed by atoms with Crippen molar-refractivity contribution in [3.8, 4) is 0 Å². The molecule has 1 saturated heterocycles. The van der Waals surface area contributed by atoms with Crippen LogP contribution in [0.2, 0.25) is 0 Å². The van der Waals surface area contributed by atoms with Gasteiger partial charge in [-0.3, -0.25) is 4.79 Å². The summed E-state index contributed by atoms with van der Waals surface area (Å²) in [4.78, 5) is 11.8. The summed E-state index contributed by atoms with van der Waals surface area (Å²) < 4.78 is 11.1. The van der Waals surface area contributed by atoms with Gasteiger partial charge in [0.25, 0.3) is 0 Å². The van der Waals surface area contributed by atoms with Crippen molar-refractivity contribution in [2.24, 2.45) is 11.3 Å². The Hall–Kier alpha value is -0.870. The number of aliphatic hydroxyl groups excluding tert-OH is 5. The molecular weight excluding hydrogens is 356 g/mol. The lowest BCUT2D eigenvalue weighted by molar-refractivity contribution is -0.310. The maximum absolute atomic E-state index is 11.8. The Labute approximate surface area is 159 Å². The molecule has 0 aromatic carbocycles. The molecule has 1 heterocycles. The van der Waals surface area contributed by atoms with Crippen LogP contribution in [0.15, 0.2) is 11.6 Å². The zero-order valence-corrected chi connectivity index (χ0v) is 16.1. The third kappa shape index (κ3) is 5.14. The maximum Gasteiger partial charge on any atom is 0.186 e. The molecule has 0 bridgehead atoms. The van der Waals surface area contributed by atoms with E-state index in [9.17, 15) is 30.3 Å². The van der Waals surface area contributed by atoms with Crippen molar-refractivity contribution >= 4 is 5.78 Å². The Morgan fingerprint density at radius 3 is 2.48 bits per heavy atom. The second-order valence-corrected chi connectivity index (χ2v) is 8.28. The van der Waals surface area contributed by atoms with E-state index >= 15 is 0 Å². The quantitative estimate of drug-likeness (QED) is 0.394. The Balaban J connectivity index is 1.96. The summed E-state index contributed by atoms with van der Waals surface area (Å²) in [6.45, 7) is 5.13. The molecule has 1 aliphatic carbocycles. The highest BCUT2D eigenvalue weighted by atomic mass is 16.7. The van der Waals surface area contributed by atoms with Gasteiger partial charge < -0.3 is 35.0 Å². The third-order valence-electron chi connectivity index (χ3n) is 5.63. The summed E-state index contributed by atoms with van der Waals surface area (Å²) in [5.74, 6) is 0.0481. The van der Waals surface area contributed by atoms with Crippen LogP contribution in [0.1, 0.15) is 40.0 Å². The summed E-state index contributed by atoms with van der Waals surface area (Å²) in [7, 11) is 0. The molecule has 1 aliphatic heterocycles. The molecule has 0 saturated carbocycles. The van der Waals surface area contributed by atoms with E-state index in [1.54, 1.807) is 6.92 Å². The summed E-state index contributed by atoms with van der Waals surface area (Å²) in [5, 5.41) is 48.5. The van der Waals surface area contributed by atoms with E-state index in [1.807, 2.05) is 13.8 Å². The van der Waals surface area contributed by atoms with Crippen molar-refractivity contribution in [2.75, 3.05) is 13.2 Å². The van der Waals surface area contributed by atoms with Crippen molar-refractivity contribution in [2.45, 2.75) is 76.8 Å². The minimum Gasteiger partial charge on any atom is -0.394 e. The van der Waals surface area contributed by atoms with Gasteiger partial charge in [-0.2, -0.15) is 0 Å². The zero-order chi connectivity index (χ0) is 20.4. The average molecular weight is 388 g/mol. The molecule has 8 nitrogen and oxygen atoms in total. The summed E-state index contributed by atoms with van der Waals surface area (Å²) in [6, 6.07) is 0. The van der Waals surface area contributed by atoms with Crippen LogP contribution in [0, 0.1) is 11.3 Å². The lowest BCUT2D eigenvalue weighted by atomic mass is 9.66. The summed E-state index contributed by atoms with van der Waals surface area (Å²) in [5.41, 5.74) is 0.448. The van der Waals surface area contributed by atoms with Crippen LogP contribution in [-0.4, -0.2) is 81.3 Å². The number of hydrogen-bond donors (Lipinski definition) is 5. The number of carbonyl (C=O) groups is 1. The largest absolute Gasteiger partial charge is 0.394 e. The number of allylic oxidation sites excluding steroid dienone is 1. The topological polar surface area (TPSA) is 137 Å². The molecule has 0 aromatic heterocycles. The predicted molar refractivity (Wildman–Crippen MR) is 95.6 cm³/mol. The van der Waals surface area contributed by atoms with Gasteiger partial charge >= 0.3 is 0 Å².